The van der Waals surface area contributed by atoms with Gasteiger partial charge in [0.25, 0.3) is 0 Å². The van der Waals surface area contributed by atoms with Crippen molar-refractivity contribution in [1.82, 2.24) is 0 Å². The zero-order valence-corrected chi connectivity index (χ0v) is 13.4. The summed E-state index contributed by atoms with van der Waals surface area (Å²) in [5.41, 5.74) is 7.59. The molecule has 0 unspecified atom stereocenters. The van der Waals surface area contributed by atoms with Crippen LogP contribution < -0.4 is 15.8 Å². The molecule has 22 heavy (non-hydrogen) atoms. The third kappa shape index (κ3) is 4.21. The largest absolute Gasteiger partial charge is 0.491 e. The summed E-state index contributed by atoms with van der Waals surface area (Å²) in [6.07, 6.45) is 3.08. The summed E-state index contributed by atoms with van der Waals surface area (Å²) in [5.74, 6) is 1.23. The Labute approximate surface area is 132 Å². The molecular weight excluding hydrogens is 280 g/mol. The third-order valence-electron chi connectivity index (χ3n) is 4.31. The maximum absolute atomic E-state index is 12.4. The lowest BCUT2D eigenvalue weighted by Gasteiger charge is -2.18. The van der Waals surface area contributed by atoms with Gasteiger partial charge >= 0.3 is 0 Å². The molecule has 0 radical (unpaired) electrons. The fraction of sp³-hybridized carbons (Fsp3) is 0.588. The van der Waals surface area contributed by atoms with Crippen molar-refractivity contribution in [3.05, 3.63) is 23.8 Å². The van der Waals surface area contributed by atoms with Crippen LogP contribution in [0.3, 0.4) is 0 Å². The van der Waals surface area contributed by atoms with Crippen molar-refractivity contribution < 1.29 is 14.3 Å². The standard InChI is InChI=1S/C17H26N2O3/c1-12-10-14(22-9-8-21-2)6-7-16(12)19-17(20)15-5-3-4-13(15)11-18/h6-7,10,13,15H,3-5,8-9,11,18H2,1-2H3,(H,19,20)/t13-,15-/m1/s1. The molecule has 0 bridgehead atoms. The number of amides is 1. The molecule has 0 aromatic heterocycles. The van der Waals surface area contributed by atoms with E-state index in [1.165, 1.54) is 0 Å². The van der Waals surface area contributed by atoms with E-state index in [-0.39, 0.29) is 11.8 Å². The second-order valence-corrected chi connectivity index (χ2v) is 5.84. The summed E-state index contributed by atoms with van der Waals surface area (Å²) in [6.45, 7) is 3.62. The number of hydrogen-bond donors (Lipinski definition) is 2. The number of carbonyl (C=O) groups excluding carboxylic acids is 1. The lowest BCUT2D eigenvalue weighted by Crippen LogP contribution is -2.29. The van der Waals surface area contributed by atoms with E-state index in [0.29, 0.717) is 25.7 Å². The Bertz CT molecular complexity index is 505. The average Bonchev–Trinajstić information content (AvgIpc) is 2.99. The van der Waals surface area contributed by atoms with Crippen LogP contribution in [-0.2, 0) is 9.53 Å². The van der Waals surface area contributed by atoms with Crippen LogP contribution >= 0.6 is 0 Å². The lowest BCUT2D eigenvalue weighted by molar-refractivity contribution is -0.120. The third-order valence-corrected chi connectivity index (χ3v) is 4.31. The van der Waals surface area contributed by atoms with Gasteiger partial charge in [0.15, 0.2) is 0 Å². The van der Waals surface area contributed by atoms with Gasteiger partial charge in [-0.1, -0.05) is 6.42 Å². The van der Waals surface area contributed by atoms with E-state index in [9.17, 15) is 4.79 Å². The molecule has 122 valence electrons. The van der Waals surface area contributed by atoms with E-state index < -0.39 is 0 Å². The topological polar surface area (TPSA) is 73.6 Å². The highest BCUT2D eigenvalue weighted by Gasteiger charge is 2.32. The van der Waals surface area contributed by atoms with Gasteiger partial charge in [-0.2, -0.15) is 0 Å². The van der Waals surface area contributed by atoms with Crippen molar-refractivity contribution in [3.63, 3.8) is 0 Å². The highest BCUT2D eigenvalue weighted by atomic mass is 16.5. The smallest absolute Gasteiger partial charge is 0.227 e. The predicted octanol–water partition coefficient (Wildman–Crippen LogP) is 2.33. The molecule has 0 saturated heterocycles. The molecule has 2 atom stereocenters. The molecule has 1 aliphatic rings. The number of hydrogen-bond acceptors (Lipinski definition) is 4. The van der Waals surface area contributed by atoms with Gasteiger partial charge in [0.2, 0.25) is 5.91 Å². The van der Waals surface area contributed by atoms with E-state index in [2.05, 4.69) is 5.32 Å². The van der Waals surface area contributed by atoms with Gasteiger partial charge < -0.3 is 20.5 Å². The van der Waals surface area contributed by atoms with Crippen LogP contribution in [0.2, 0.25) is 0 Å². The van der Waals surface area contributed by atoms with Crippen molar-refractivity contribution in [2.24, 2.45) is 17.6 Å². The Morgan fingerprint density at radius 2 is 2.18 bits per heavy atom. The van der Waals surface area contributed by atoms with E-state index in [1.54, 1.807) is 7.11 Å². The Morgan fingerprint density at radius 3 is 2.86 bits per heavy atom. The number of benzene rings is 1. The van der Waals surface area contributed by atoms with Gasteiger partial charge in [-0.3, -0.25) is 4.79 Å². The number of carbonyl (C=O) groups is 1. The van der Waals surface area contributed by atoms with Crippen molar-refractivity contribution in [1.29, 1.82) is 0 Å². The molecule has 3 N–H and O–H groups in total. The maximum atomic E-state index is 12.4. The number of ether oxygens (including phenoxy) is 2. The SMILES string of the molecule is COCCOc1ccc(NC(=O)[C@@H]2CCC[C@@H]2CN)c(C)c1. The van der Waals surface area contributed by atoms with Crippen molar-refractivity contribution in [2.45, 2.75) is 26.2 Å². The summed E-state index contributed by atoms with van der Waals surface area (Å²) in [4.78, 5) is 12.4. The monoisotopic (exact) mass is 306 g/mol. The number of nitrogens with two attached hydrogens (primary N) is 1. The molecule has 1 aliphatic carbocycles. The fourth-order valence-electron chi connectivity index (χ4n) is 3.00. The summed E-state index contributed by atoms with van der Waals surface area (Å²) in [7, 11) is 1.64. The molecule has 1 aromatic rings. The summed E-state index contributed by atoms with van der Waals surface area (Å²) < 4.78 is 10.5. The minimum absolute atomic E-state index is 0.0435. The Morgan fingerprint density at radius 1 is 1.36 bits per heavy atom. The van der Waals surface area contributed by atoms with Gasteiger partial charge in [-0.15, -0.1) is 0 Å². The molecule has 0 spiro atoms. The van der Waals surface area contributed by atoms with Crippen molar-refractivity contribution in [3.8, 4) is 5.75 Å². The number of methoxy groups -OCH3 is 1. The van der Waals surface area contributed by atoms with Gasteiger partial charge in [-0.25, -0.2) is 0 Å². The number of nitrogens with one attached hydrogen (secondary N) is 1. The molecule has 1 saturated carbocycles. The normalized spacial score (nSPS) is 20.9. The minimum atomic E-state index is 0.0435. The highest BCUT2D eigenvalue weighted by Crippen LogP contribution is 2.32. The highest BCUT2D eigenvalue weighted by molar-refractivity contribution is 5.93. The van der Waals surface area contributed by atoms with Crippen LogP contribution in [0.5, 0.6) is 5.75 Å². The molecular formula is C17H26N2O3. The van der Waals surface area contributed by atoms with E-state index in [4.69, 9.17) is 15.2 Å². The molecule has 5 nitrogen and oxygen atoms in total. The van der Waals surface area contributed by atoms with Crippen LogP contribution in [0, 0.1) is 18.8 Å². The van der Waals surface area contributed by atoms with Gasteiger partial charge in [-0.05, 0) is 56.0 Å². The number of anilines is 1. The zero-order chi connectivity index (χ0) is 15.9. The fourth-order valence-corrected chi connectivity index (χ4v) is 3.00. The first-order valence-corrected chi connectivity index (χ1v) is 7.89. The van der Waals surface area contributed by atoms with E-state index >= 15 is 0 Å². The Balaban J connectivity index is 1.96. The molecule has 2 rings (SSSR count). The Kier molecular flexibility index (Phi) is 6.21. The molecule has 0 heterocycles. The molecule has 1 aromatic carbocycles. The summed E-state index contributed by atoms with van der Waals surface area (Å²) in [5, 5.41) is 3.04. The molecule has 1 fully saturated rings. The second kappa shape index (κ2) is 8.15. The Hall–Kier alpha value is -1.59. The average molecular weight is 306 g/mol. The first kappa shape index (κ1) is 16.8. The number of aryl methyl sites for hydroxylation is 1. The van der Waals surface area contributed by atoms with Crippen LogP contribution in [-0.4, -0.2) is 32.8 Å². The lowest BCUT2D eigenvalue weighted by atomic mass is 9.95. The quantitative estimate of drug-likeness (QED) is 0.758. The van der Waals surface area contributed by atoms with E-state index in [0.717, 1.165) is 36.3 Å². The minimum Gasteiger partial charge on any atom is -0.491 e. The molecule has 0 aliphatic heterocycles. The first-order valence-electron chi connectivity index (χ1n) is 7.89. The second-order valence-electron chi connectivity index (χ2n) is 5.84. The predicted molar refractivity (Wildman–Crippen MR) is 87.1 cm³/mol. The van der Waals surface area contributed by atoms with Crippen LogP contribution in [0.4, 0.5) is 5.69 Å². The van der Waals surface area contributed by atoms with E-state index in [1.807, 2.05) is 25.1 Å². The van der Waals surface area contributed by atoms with Crippen LogP contribution in [0.15, 0.2) is 18.2 Å². The number of rotatable bonds is 7. The van der Waals surface area contributed by atoms with Gasteiger partial charge in [0.05, 0.1) is 6.61 Å². The zero-order valence-electron chi connectivity index (χ0n) is 13.4. The molecule has 1 amide bonds. The van der Waals surface area contributed by atoms with Crippen molar-refractivity contribution in [2.75, 3.05) is 32.2 Å². The molecule has 5 heteroatoms. The van der Waals surface area contributed by atoms with Gasteiger partial charge in [0, 0.05) is 18.7 Å². The first-order chi connectivity index (χ1) is 10.7. The van der Waals surface area contributed by atoms with Crippen LogP contribution in [0.1, 0.15) is 24.8 Å². The maximum Gasteiger partial charge on any atom is 0.227 e. The van der Waals surface area contributed by atoms with Crippen LogP contribution in [0.25, 0.3) is 0 Å². The van der Waals surface area contributed by atoms with Gasteiger partial charge in [0.1, 0.15) is 12.4 Å². The summed E-state index contributed by atoms with van der Waals surface area (Å²) in [6, 6.07) is 5.69. The van der Waals surface area contributed by atoms with Crippen molar-refractivity contribution >= 4 is 11.6 Å². The summed E-state index contributed by atoms with van der Waals surface area (Å²) >= 11 is 0.